The highest BCUT2D eigenvalue weighted by Crippen LogP contribution is 2.16. The first-order chi connectivity index (χ1) is 12.4. The van der Waals surface area contributed by atoms with Gasteiger partial charge in [0.05, 0.1) is 7.11 Å². The molecule has 0 unspecified atom stereocenters. The highest BCUT2D eigenvalue weighted by Gasteiger charge is 2.11. The monoisotopic (exact) mass is 390 g/mol. The lowest BCUT2D eigenvalue weighted by Gasteiger charge is -2.05. The zero-order chi connectivity index (χ0) is 18.7. The number of carboxylic acid groups (broad SMARTS) is 1. The number of methoxy groups -OCH3 is 1. The third kappa shape index (κ3) is 4.27. The molecule has 0 fully saturated rings. The van der Waals surface area contributed by atoms with Gasteiger partial charge in [0.15, 0.2) is 10.6 Å². The van der Waals surface area contributed by atoms with Crippen molar-refractivity contribution in [3.63, 3.8) is 0 Å². The Hall–Kier alpha value is -2.71. The molecule has 0 radical (unpaired) electrons. The highest BCUT2D eigenvalue weighted by molar-refractivity contribution is 7.11. The van der Waals surface area contributed by atoms with Crippen molar-refractivity contribution in [3.8, 4) is 5.75 Å². The Morgan fingerprint density at radius 2 is 2.08 bits per heavy atom. The Morgan fingerprint density at radius 1 is 1.35 bits per heavy atom. The van der Waals surface area contributed by atoms with Gasteiger partial charge in [-0.25, -0.2) is 19.8 Å². The molecule has 0 atom stereocenters. The molecule has 9 heteroatoms. The number of aromatic nitrogens is 3. The van der Waals surface area contributed by atoms with Gasteiger partial charge in [0.25, 0.3) is 0 Å². The van der Waals surface area contributed by atoms with Gasteiger partial charge >= 0.3 is 5.97 Å². The largest absolute Gasteiger partial charge is 0.497 e. The Morgan fingerprint density at radius 3 is 2.69 bits per heavy atom. The number of benzene rings is 1. The summed E-state index contributed by atoms with van der Waals surface area (Å²) in [5, 5.41) is 9.59. The standard InChI is InChI=1S/C17H15ClN4O3S/c1-10-19-14(18)7-15(20-10)21-17-22(9-13(26-17)16(23)24)8-11-3-5-12(25-2)6-4-11/h3-7,9H,8H2,1-2H3,(H,23,24)/b21-17+. The molecule has 0 amide bonds. The first-order valence-corrected chi connectivity index (χ1v) is 8.76. The van der Waals surface area contributed by atoms with Crippen molar-refractivity contribution >= 4 is 34.7 Å². The summed E-state index contributed by atoms with van der Waals surface area (Å²) in [5.74, 6) is 0.626. The smallest absolute Gasteiger partial charge is 0.347 e. The number of hydrogen-bond donors (Lipinski definition) is 1. The van der Waals surface area contributed by atoms with Gasteiger partial charge in [0.2, 0.25) is 0 Å². The molecule has 0 bridgehead atoms. The summed E-state index contributed by atoms with van der Waals surface area (Å²) in [5.41, 5.74) is 0.985. The van der Waals surface area contributed by atoms with Gasteiger partial charge in [0, 0.05) is 18.8 Å². The maximum Gasteiger partial charge on any atom is 0.347 e. The number of halogens is 1. The van der Waals surface area contributed by atoms with Crippen LogP contribution in [-0.2, 0) is 6.54 Å². The third-order valence-corrected chi connectivity index (χ3v) is 4.65. The molecule has 3 aromatic rings. The summed E-state index contributed by atoms with van der Waals surface area (Å²) in [6.45, 7) is 2.18. The van der Waals surface area contributed by atoms with Crippen LogP contribution in [0.15, 0.2) is 41.5 Å². The summed E-state index contributed by atoms with van der Waals surface area (Å²) in [6, 6.07) is 9.07. The minimum Gasteiger partial charge on any atom is -0.497 e. The van der Waals surface area contributed by atoms with Crippen molar-refractivity contribution in [3.05, 3.63) is 62.7 Å². The van der Waals surface area contributed by atoms with E-state index in [4.69, 9.17) is 16.3 Å². The molecule has 7 nitrogen and oxygen atoms in total. The third-order valence-electron chi connectivity index (χ3n) is 3.45. The average molecular weight is 391 g/mol. The number of carbonyl (C=O) groups is 1. The van der Waals surface area contributed by atoms with E-state index in [1.165, 1.54) is 6.07 Å². The number of thiazole rings is 1. The van der Waals surface area contributed by atoms with E-state index in [1.807, 2.05) is 24.3 Å². The molecule has 0 saturated carbocycles. The lowest BCUT2D eigenvalue weighted by atomic mass is 10.2. The predicted octanol–water partition coefficient (Wildman–Crippen LogP) is 3.29. The van der Waals surface area contributed by atoms with Crippen LogP contribution in [0.1, 0.15) is 21.1 Å². The fourth-order valence-corrected chi connectivity index (χ4v) is 3.34. The van der Waals surface area contributed by atoms with Crippen molar-refractivity contribution in [2.75, 3.05) is 7.11 Å². The van der Waals surface area contributed by atoms with Crippen LogP contribution >= 0.6 is 22.9 Å². The summed E-state index contributed by atoms with van der Waals surface area (Å²) in [6.07, 6.45) is 1.56. The Kier molecular flexibility index (Phi) is 5.34. The SMILES string of the molecule is COc1ccc(Cn2cc(C(=O)O)s/c2=N/c2cc(Cl)nc(C)n2)cc1. The molecule has 0 aliphatic rings. The quantitative estimate of drug-likeness (QED) is 0.675. The summed E-state index contributed by atoms with van der Waals surface area (Å²) in [7, 11) is 1.60. The van der Waals surface area contributed by atoms with Crippen LogP contribution in [0.5, 0.6) is 5.75 Å². The minimum absolute atomic E-state index is 0.189. The van der Waals surface area contributed by atoms with Gasteiger partial charge in [-0.1, -0.05) is 35.1 Å². The molecule has 134 valence electrons. The maximum absolute atomic E-state index is 11.4. The van der Waals surface area contributed by atoms with Crippen molar-refractivity contribution in [1.29, 1.82) is 0 Å². The highest BCUT2D eigenvalue weighted by atomic mass is 35.5. The molecule has 26 heavy (non-hydrogen) atoms. The number of carboxylic acids is 1. The number of aryl methyl sites for hydroxylation is 1. The van der Waals surface area contributed by atoms with E-state index >= 15 is 0 Å². The van der Waals surface area contributed by atoms with Crippen LogP contribution in [0.4, 0.5) is 5.82 Å². The maximum atomic E-state index is 11.4. The topological polar surface area (TPSA) is 89.6 Å². The fraction of sp³-hybridized carbons (Fsp3) is 0.176. The van der Waals surface area contributed by atoms with E-state index in [-0.39, 0.29) is 10.0 Å². The van der Waals surface area contributed by atoms with Crippen LogP contribution in [0.2, 0.25) is 5.15 Å². The number of rotatable bonds is 5. The minimum atomic E-state index is -1.00. The Balaban J connectivity index is 2.03. The van der Waals surface area contributed by atoms with Crippen molar-refractivity contribution in [2.24, 2.45) is 4.99 Å². The van der Waals surface area contributed by atoms with Crippen molar-refractivity contribution in [1.82, 2.24) is 14.5 Å². The van der Waals surface area contributed by atoms with Gasteiger partial charge in [-0.3, -0.25) is 0 Å². The molecular formula is C17H15ClN4O3S. The first-order valence-electron chi connectivity index (χ1n) is 7.57. The predicted molar refractivity (Wildman–Crippen MR) is 98.4 cm³/mol. The molecule has 0 aliphatic carbocycles. The molecule has 0 spiro atoms. The lowest BCUT2D eigenvalue weighted by Crippen LogP contribution is -2.14. The summed E-state index contributed by atoms with van der Waals surface area (Å²) >= 11 is 7.02. The molecule has 3 rings (SSSR count). The summed E-state index contributed by atoms with van der Waals surface area (Å²) < 4.78 is 6.92. The second kappa shape index (κ2) is 7.67. The molecule has 2 aromatic heterocycles. The lowest BCUT2D eigenvalue weighted by molar-refractivity contribution is 0.0701. The molecular weight excluding hydrogens is 376 g/mol. The normalized spacial score (nSPS) is 11.6. The van der Waals surface area contributed by atoms with E-state index in [1.54, 1.807) is 24.8 Å². The Bertz CT molecular complexity index is 991. The van der Waals surface area contributed by atoms with Gasteiger partial charge in [-0.15, -0.1) is 0 Å². The van der Waals surface area contributed by atoms with Crippen LogP contribution in [0.3, 0.4) is 0 Å². The van der Waals surface area contributed by atoms with Crippen LogP contribution < -0.4 is 9.54 Å². The average Bonchev–Trinajstić information content (AvgIpc) is 2.97. The first kappa shape index (κ1) is 18.1. The molecule has 1 aromatic carbocycles. The van der Waals surface area contributed by atoms with Gasteiger partial charge in [0.1, 0.15) is 21.6 Å². The van der Waals surface area contributed by atoms with Crippen LogP contribution in [-0.4, -0.2) is 32.7 Å². The zero-order valence-electron chi connectivity index (χ0n) is 14.0. The molecule has 0 saturated heterocycles. The fourth-order valence-electron chi connectivity index (χ4n) is 2.28. The summed E-state index contributed by atoms with van der Waals surface area (Å²) in [4.78, 5) is 24.7. The van der Waals surface area contributed by atoms with E-state index in [9.17, 15) is 9.90 Å². The van der Waals surface area contributed by atoms with E-state index in [0.29, 0.717) is 23.0 Å². The van der Waals surface area contributed by atoms with E-state index in [0.717, 1.165) is 22.6 Å². The van der Waals surface area contributed by atoms with E-state index in [2.05, 4.69) is 15.0 Å². The number of hydrogen-bond acceptors (Lipinski definition) is 6. The van der Waals surface area contributed by atoms with Crippen LogP contribution in [0.25, 0.3) is 0 Å². The van der Waals surface area contributed by atoms with Gasteiger partial charge in [-0.05, 0) is 24.6 Å². The molecule has 0 aliphatic heterocycles. The van der Waals surface area contributed by atoms with Crippen molar-refractivity contribution in [2.45, 2.75) is 13.5 Å². The Labute approximate surface area is 158 Å². The molecule has 1 N–H and O–H groups in total. The molecule has 2 heterocycles. The second-order valence-electron chi connectivity index (χ2n) is 5.37. The number of nitrogens with zero attached hydrogens (tertiary/aromatic N) is 4. The second-order valence-corrected chi connectivity index (χ2v) is 6.76. The van der Waals surface area contributed by atoms with Gasteiger partial charge in [-0.2, -0.15) is 0 Å². The number of aromatic carboxylic acids is 1. The zero-order valence-corrected chi connectivity index (χ0v) is 15.6. The van der Waals surface area contributed by atoms with Crippen LogP contribution in [0, 0.1) is 6.92 Å². The van der Waals surface area contributed by atoms with Gasteiger partial charge < -0.3 is 14.4 Å². The van der Waals surface area contributed by atoms with E-state index < -0.39 is 5.97 Å². The van der Waals surface area contributed by atoms with Crippen molar-refractivity contribution < 1.29 is 14.6 Å². The number of ether oxygens (including phenoxy) is 1.